The molecule has 0 radical (unpaired) electrons. The zero-order valence-electron chi connectivity index (χ0n) is 14.5. The average molecular weight is 346 g/mol. The Bertz CT molecular complexity index is 906. The normalized spacial score (nSPS) is 10.2. The number of pyridine rings is 1. The summed E-state index contributed by atoms with van der Waals surface area (Å²) in [6, 6.07) is 20.0. The van der Waals surface area contributed by atoms with E-state index in [1.165, 1.54) is 0 Å². The third kappa shape index (κ3) is 4.54. The molecule has 3 rings (SSSR count). The summed E-state index contributed by atoms with van der Waals surface area (Å²) in [4.78, 5) is 24.9. The van der Waals surface area contributed by atoms with Crippen molar-refractivity contribution in [1.82, 2.24) is 0 Å². The van der Waals surface area contributed by atoms with E-state index in [-0.39, 0.29) is 18.4 Å². The minimum atomic E-state index is -0.268. The van der Waals surface area contributed by atoms with Crippen molar-refractivity contribution in [2.75, 3.05) is 10.6 Å². The van der Waals surface area contributed by atoms with Crippen molar-refractivity contribution in [3.8, 4) is 0 Å². The number of hydrogen-bond acceptors (Lipinski definition) is 2. The highest BCUT2D eigenvalue weighted by Gasteiger charge is 2.15. The molecule has 2 N–H and O–H groups in total. The van der Waals surface area contributed by atoms with Gasteiger partial charge in [-0.2, -0.15) is 4.57 Å². The molecule has 5 heteroatoms. The standard InChI is InChI=1S/C21H19N3O2/c1-16-11-13-24(14-12-16)15-20(25)23-19-10-6-5-9-18(19)21(26)22-17-7-3-2-4-8-17/h2-14H,15H2,1H3,(H-,22,23,25,26)/p+1. The second-order valence-electron chi connectivity index (χ2n) is 5.96. The summed E-state index contributed by atoms with van der Waals surface area (Å²) in [6.07, 6.45) is 3.70. The van der Waals surface area contributed by atoms with Crippen molar-refractivity contribution in [3.05, 3.63) is 90.3 Å². The Hall–Kier alpha value is -3.47. The van der Waals surface area contributed by atoms with Gasteiger partial charge in [0, 0.05) is 17.8 Å². The van der Waals surface area contributed by atoms with E-state index >= 15 is 0 Å². The Balaban J connectivity index is 1.71. The number of nitrogens with zero attached hydrogens (tertiary/aromatic N) is 1. The van der Waals surface area contributed by atoms with Gasteiger partial charge < -0.3 is 10.6 Å². The van der Waals surface area contributed by atoms with Crippen LogP contribution in [0.3, 0.4) is 0 Å². The number of hydrogen-bond donors (Lipinski definition) is 2. The Kier molecular flexibility index (Phi) is 5.39. The number of anilines is 2. The van der Waals surface area contributed by atoms with Gasteiger partial charge in [0.2, 0.25) is 6.54 Å². The van der Waals surface area contributed by atoms with Crippen LogP contribution in [0.4, 0.5) is 11.4 Å². The second kappa shape index (κ2) is 8.07. The Morgan fingerprint density at radius 2 is 1.50 bits per heavy atom. The summed E-state index contributed by atoms with van der Waals surface area (Å²) >= 11 is 0. The van der Waals surface area contributed by atoms with E-state index in [0.717, 1.165) is 5.56 Å². The SMILES string of the molecule is Cc1cc[n+](CC(=O)Nc2ccccc2C(=O)Nc2ccccc2)cc1. The van der Waals surface area contributed by atoms with Crippen LogP contribution in [-0.4, -0.2) is 11.8 Å². The zero-order valence-corrected chi connectivity index (χ0v) is 14.5. The second-order valence-corrected chi connectivity index (χ2v) is 5.96. The first-order valence-corrected chi connectivity index (χ1v) is 8.33. The van der Waals surface area contributed by atoms with Crippen LogP contribution in [0.5, 0.6) is 0 Å². The Morgan fingerprint density at radius 1 is 0.846 bits per heavy atom. The van der Waals surface area contributed by atoms with Crippen LogP contribution in [0, 0.1) is 6.92 Å². The number of carbonyl (C=O) groups is 2. The van der Waals surface area contributed by atoms with Crippen LogP contribution < -0.4 is 15.2 Å². The highest BCUT2D eigenvalue weighted by Crippen LogP contribution is 2.17. The third-order valence-electron chi connectivity index (χ3n) is 3.86. The molecule has 0 spiro atoms. The minimum Gasteiger partial charge on any atom is -0.322 e. The predicted octanol–water partition coefficient (Wildman–Crippen LogP) is 3.17. The van der Waals surface area contributed by atoms with Gasteiger partial charge in [0.15, 0.2) is 12.4 Å². The molecule has 1 heterocycles. The molecule has 0 saturated heterocycles. The number of aryl methyl sites for hydroxylation is 1. The molecule has 0 unspecified atom stereocenters. The molecule has 130 valence electrons. The van der Waals surface area contributed by atoms with Gasteiger partial charge >= 0.3 is 0 Å². The first-order chi connectivity index (χ1) is 12.6. The molecule has 0 fully saturated rings. The molecular formula is C21H20N3O2+. The number of carbonyl (C=O) groups excluding carboxylic acids is 2. The summed E-state index contributed by atoms with van der Waals surface area (Å²) in [6.45, 7) is 2.17. The number of aromatic nitrogens is 1. The van der Waals surface area contributed by atoms with Crippen molar-refractivity contribution < 1.29 is 14.2 Å². The highest BCUT2D eigenvalue weighted by atomic mass is 16.2. The molecule has 0 aliphatic carbocycles. The van der Waals surface area contributed by atoms with Gasteiger partial charge in [-0.05, 0) is 36.8 Å². The van der Waals surface area contributed by atoms with Crippen molar-refractivity contribution in [2.45, 2.75) is 13.5 Å². The van der Waals surface area contributed by atoms with E-state index < -0.39 is 0 Å². The first kappa shape index (κ1) is 17.4. The van der Waals surface area contributed by atoms with E-state index in [1.54, 1.807) is 28.8 Å². The van der Waals surface area contributed by atoms with Crippen molar-refractivity contribution >= 4 is 23.2 Å². The molecule has 2 aromatic carbocycles. The Morgan fingerprint density at radius 3 is 2.23 bits per heavy atom. The molecule has 0 saturated carbocycles. The van der Waals surface area contributed by atoms with Crippen LogP contribution in [0.25, 0.3) is 0 Å². The summed E-state index contributed by atoms with van der Waals surface area (Å²) in [5.41, 5.74) is 2.73. The molecule has 0 aliphatic heterocycles. The topological polar surface area (TPSA) is 62.1 Å². The summed E-state index contributed by atoms with van der Waals surface area (Å²) in [5.74, 6) is -0.464. The monoisotopic (exact) mass is 346 g/mol. The zero-order chi connectivity index (χ0) is 18.4. The van der Waals surface area contributed by atoms with Gasteiger partial charge in [-0.15, -0.1) is 0 Å². The number of benzene rings is 2. The molecule has 5 nitrogen and oxygen atoms in total. The van der Waals surface area contributed by atoms with Gasteiger partial charge in [0.1, 0.15) is 0 Å². The molecule has 3 aromatic rings. The minimum absolute atomic E-state index is 0.176. The fraction of sp³-hybridized carbons (Fsp3) is 0.0952. The number of amides is 2. The lowest BCUT2D eigenvalue weighted by Crippen LogP contribution is -2.39. The van der Waals surface area contributed by atoms with Crippen LogP contribution in [0.1, 0.15) is 15.9 Å². The lowest BCUT2D eigenvalue weighted by atomic mass is 10.1. The van der Waals surface area contributed by atoms with Gasteiger partial charge in [0.05, 0.1) is 11.3 Å². The van der Waals surface area contributed by atoms with Crippen molar-refractivity contribution in [1.29, 1.82) is 0 Å². The smallest absolute Gasteiger partial charge is 0.290 e. The third-order valence-corrected chi connectivity index (χ3v) is 3.86. The van der Waals surface area contributed by atoms with Crippen LogP contribution in [0.15, 0.2) is 79.1 Å². The van der Waals surface area contributed by atoms with Crippen LogP contribution in [-0.2, 0) is 11.3 Å². The van der Waals surface area contributed by atoms with E-state index in [9.17, 15) is 9.59 Å². The van der Waals surface area contributed by atoms with E-state index in [0.29, 0.717) is 16.9 Å². The predicted molar refractivity (Wildman–Crippen MR) is 101 cm³/mol. The highest BCUT2D eigenvalue weighted by molar-refractivity contribution is 6.09. The largest absolute Gasteiger partial charge is 0.322 e. The summed E-state index contributed by atoms with van der Waals surface area (Å²) < 4.78 is 1.79. The molecular weight excluding hydrogens is 326 g/mol. The molecule has 0 atom stereocenters. The van der Waals surface area contributed by atoms with Crippen LogP contribution >= 0.6 is 0 Å². The maximum absolute atomic E-state index is 12.5. The number of nitrogens with one attached hydrogen (secondary N) is 2. The maximum atomic E-state index is 12.5. The van der Waals surface area contributed by atoms with E-state index in [2.05, 4.69) is 10.6 Å². The van der Waals surface area contributed by atoms with Gasteiger partial charge in [-0.3, -0.25) is 9.59 Å². The average Bonchev–Trinajstić information content (AvgIpc) is 2.65. The lowest BCUT2D eigenvalue weighted by molar-refractivity contribution is -0.684. The van der Waals surface area contributed by atoms with Gasteiger partial charge in [-0.1, -0.05) is 30.3 Å². The summed E-state index contributed by atoms with van der Waals surface area (Å²) in [5, 5.41) is 5.65. The van der Waals surface area contributed by atoms with Crippen molar-refractivity contribution in [2.24, 2.45) is 0 Å². The summed E-state index contributed by atoms with van der Waals surface area (Å²) in [7, 11) is 0. The van der Waals surface area contributed by atoms with E-state index in [4.69, 9.17) is 0 Å². The van der Waals surface area contributed by atoms with Crippen molar-refractivity contribution in [3.63, 3.8) is 0 Å². The fourth-order valence-corrected chi connectivity index (χ4v) is 2.50. The molecule has 2 amide bonds. The Labute approximate surface area is 152 Å². The number of para-hydroxylation sites is 2. The lowest BCUT2D eigenvalue weighted by Gasteiger charge is -2.10. The number of rotatable bonds is 5. The molecule has 0 bridgehead atoms. The molecule has 26 heavy (non-hydrogen) atoms. The fourth-order valence-electron chi connectivity index (χ4n) is 2.50. The first-order valence-electron chi connectivity index (χ1n) is 8.33. The van der Waals surface area contributed by atoms with E-state index in [1.807, 2.05) is 61.8 Å². The van der Waals surface area contributed by atoms with Gasteiger partial charge in [0.25, 0.3) is 11.8 Å². The maximum Gasteiger partial charge on any atom is 0.290 e. The van der Waals surface area contributed by atoms with Gasteiger partial charge in [-0.25, -0.2) is 0 Å². The van der Waals surface area contributed by atoms with Crippen LogP contribution in [0.2, 0.25) is 0 Å². The molecule has 1 aromatic heterocycles. The quantitative estimate of drug-likeness (QED) is 0.697. The molecule has 0 aliphatic rings.